The molecule has 2 aromatic carbocycles. The Bertz CT molecular complexity index is 1110. The van der Waals surface area contributed by atoms with Crippen LogP contribution in [0, 0.1) is 5.92 Å². The van der Waals surface area contributed by atoms with Crippen LogP contribution in [-0.4, -0.2) is 52.7 Å². The summed E-state index contributed by atoms with van der Waals surface area (Å²) in [6, 6.07) is 15.0. The molecule has 2 saturated heterocycles. The van der Waals surface area contributed by atoms with Crippen LogP contribution in [-0.2, 0) is 30.4 Å². The summed E-state index contributed by atoms with van der Waals surface area (Å²) in [5.74, 6) is -0.349. The summed E-state index contributed by atoms with van der Waals surface area (Å²) in [5.41, 5.74) is 2.77. The second kappa shape index (κ2) is 11.9. The van der Waals surface area contributed by atoms with E-state index in [1.807, 2.05) is 69.3 Å². The minimum atomic E-state index is -0.657. The standard InChI is InChI=1S/C30H40N2O6/c1-19-26(17-32-15-7-10-25(32)28(35)38-30(3,4)5)36-29(23-8-6-9-24(16-23)31-20(2)34)37-27(19)22-13-11-21(18-33)12-14-22/h6,8-9,11-14,16,19,25-27,29,33H,7,10,15,17-18H2,1-5H3,(H,31,34)/t19-,25+,26+,27+,29+/m1/s1. The molecule has 5 atom stereocenters. The van der Waals surface area contributed by atoms with E-state index in [2.05, 4.69) is 17.1 Å². The first-order valence-corrected chi connectivity index (χ1v) is 13.4. The number of esters is 1. The molecule has 2 heterocycles. The molecular formula is C30H40N2O6. The predicted octanol–water partition coefficient (Wildman–Crippen LogP) is 4.73. The summed E-state index contributed by atoms with van der Waals surface area (Å²) in [5, 5.41) is 12.3. The number of ether oxygens (including phenoxy) is 3. The highest BCUT2D eigenvalue weighted by atomic mass is 16.7. The topological polar surface area (TPSA) is 97.3 Å². The maximum atomic E-state index is 13.0. The number of anilines is 1. The van der Waals surface area contributed by atoms with E-state index in [0.717, 1.165) is 36.1 Å². The van der Waals surface area contributed by atoms with Crippen molar-refractivity contribution in [2.24, 2.45) is 5.92 Å². The first kappa shape index (κ1) is 28.2. The van der Waals surface area contributed by atoms with E-state index in [-0.39, 0.29) is 42.7 Å². The van der Waals surface area contributed by atoms with Crippen molar-refractivity contribution in [3.05, 3.63) is 65.2 Å². The van der Waals surface area contributed by atoms with Gasteiger partial charge in [-0.25, -0.2) is 0 Å². The number of carbonyl (C=O) groups is 2. The maximum absolute atomic E-state index is 13.0. The number of hydrogen-bond donors (Lipinski definition) is 2. The number of hydrogen-bond acceptors (Lipinski definition) is 7. The first-order chi connectivity index (χ1) is 18.0. The molecule has 2 aliphatic heterocycles. The van der Waals surface area contributed by atoms with Crippen molar-refractivity contribution in [3.8, 4) is 0 Å². The van der Waals surface area contributed by atoms with E-state index in [0.29, 0.717) is 12.2 Å². The molecule has 0 bridgehead atoms. The van der Waals surface area contributed by atoms with Gasteiger partial charge in [-0.05, 0) is 63.4 Å². The van der Waals surface area contributed by atoms with Crippen molar-refractivity contribution in [2.75, 3.05) is 18.4 Å². The molecule has 2 aromatic rings. The molecule has 0 aliphatic carbocycles. The van der Waals surface area contributed by atoms with Gasteiger partial charge in [0.1, 0.15) is 11.6 Å². The number of benzene rings is 2. The third-order valence-electron chi connectivity index (χ3n) is 7.06. The van der Waals surface area contributed by atoms with Crippen LogP contribution in [0.5, 0.6) is 0 Å². The van der Waals surface area contributed by atoms with Gasteiger partial charge in [0.15, 0.2) is 6.29 Å². The average molecular weight is 525 g/mol. The maximum Gasteiger partial charge on any atom is 0.323 e. The van der Waals surface area contributed by atoms with Crippen molar-refractivity contribution in [2.45, 2.75) is 84.2 Å². The van der Waals surface area contributed by atoms with Crippen LogP contribution in [0.3, 0.4) is 0 Å². The van der Waals surface area contributed by atoms with Crippen LogP contribution < -0.4 is 5.32 Å². The molecule has 8 heteroatoms. The van der Waals surface area contributed by atoms with Crippen molar-refractivity contribution >= 4 is 17.6 Å². The zero-order valence-electron chi connectivity index (χ0n) is 23.0. The fourth-order valence-electron chi connectivity index (χ4n) is 5.21. The Morgan fingerprint density at radius 2 is 1.84 bits per heavy atom. The molecule has 4 rings (SSSR count). The number of nitrogens with zero attached hydrogens (tertiary/aromatic N) is 1. The minimum absolute atomic E-state index is 0.00959. The Hall–Kier alpha value is -2.78. The summed E-state index contributed by atoms with van der Waals surface area (Å²) >= 11 is 0. The Morgan fingerprint density at radius 3 is 2.50 bits per heavy atom. The van der Waals surface area contributed by atoms with E-state index in [1.165, 1.54) is 6.92 Å². The molecule has 1 amide bonds. The van der Waals surface area contributed by atoms with Crippen LogP contribution >= 0.6 is 0 Å². The van der Waals surface area contributed by atoms with E-state index in [4.69, 9.17) is 14.2 Å². The SMILES string of the molecule is CC(=O)Nc1cccc([C@H]2O[C@@H](CN3CCC[C@H]3C(=O)OC(C)(C)C)[C@@H](C)[C@@H](c3ccc(CO)cc3)O2)c1. The lowest BCUT2D eigenvalue weighted by molar-refractivity contribution is -0.276. The van der Waals surface area contributed by atoms with E-state index in [9.17, 15) is 14.7 Å². The summed E-state index contributed by atoms with van der Waals surface area (Å²) < 4.78 is 18.8. The zero-order valence-corrected chi connectivity index (χ0v) is 23.0. The van der Waals surface area contributed by atoms with Crippen LogP contribution in [0.2, 0.25) is 0 Å². The van der Waals surface area contributed by atoms with Crippen molar-refractivity contribution < 1.29 is 28.9 Å². The fourth-order valence-corrected chi connectivity index (χ4v) is 5.21. The molecule has 0 saturated carbocycles. The minimum Gasteiger partial charge on any atom is -0.459 e. The number of rotatable bonds is 7. The molecular weight excluding hydrogens is 484 g/mol. The Kier molecular flexibility index (Phi) is 8.88. The third-order valence-corrected chi connectivity index (χ3v) is 7.06. The van der Waals surface area contributed by atoms with Gasteiger partial charge in [-0.15, -0.1) is 0 Å². The van der Waals surface area contributed by atoms with Crippen LogP contribution in [0.1, 0.15) is 76.5 Å². The summed E-state index contributed by atoms with van der Waals surface area (Å²) in [6.45, 7) is 10.6. The molecule has 206 valence electrons. The van der Waals surface area contributed by atoms with Gasteiger partial charge < -0.3 is 24.6 Å². The summed E-state index contributed by atoms with van der Waals surface area (Å²) in [4.78, 5) is 26.8. The largest absolute Gasteiger partial charge is 0.459 e. The predicted molar refractivity (Wildman–Crippen MR) is 144 cm³/mol. The number of carbonyl (C=O) groups excluding carboxylic acids is 2. The Labute approximate surface area is 225 Å². The van der Waals surface area contributed by atoms with Gasteiger partial charge in [0, 0.05) is 30.6 Å². The number of likely N-dealkylation sites (tertiary alicyclic amines) is 1. The molecule has 2 N–H and O–H groups in total. The molecule has 2 fully saturated rings. The lowest BCUT2D eigenvalue weighted by atomic mass is 9.90. The fraction of sp³-hybridized carbons (Fsp3) is 0.533. The number of aliphatic hydroxyl groups excluding tert-OH is 1. The van der Waals surface area contributed by atoms with Crippen LogP contribution in [0.4, 0.5) is 5.69 Å². The van der Waals surface area contributed by atoms with E-state index >= 15 is 0 Å². The highest BCUT2D eigenvalue weighted by molar-refractivity contribution is 5.88. The lowest BCUT2D eigenvalue weighted by Gasteiger charge is -2.43. The molecule has 0 spiro atoms. The summed E-state index contributed by atoms with van der Waals surface area (Å²) in [6.07, 6.45) is 0.550. The highest BCUT2D eigenvalue weighted by Crippen LogP contribution is 2.42. The van der Waals surface area contributed by atoms with Gasteiger partial charge in [0.05, 0.1) is 18.8 Å². The van der Waals surface area contributed by atoms with Gasteiger partial charge >= 0.3 is 5.97 Å². The quantitative estimate of drug-likeness (QED) is 0.505. The lowest BCUT2D eigenvalue weighted by Crippen LogP contribution is -2.48. The van der Waals surface area contributed by atoms with Gasteiger partial charge in [-0.3, -0.25) is 14.5 Å². The molecule has 0 aromatic heterocycles. The number of aliphatic hydroxyl groups is 1. The van der Waals surface area contributed by atoms with Crippen molar-refractivity contribution in [1.82, 2.24) is 4.90 Å². The normalized spacial score (nSPS) is 26.2. The van der Waals surface area contributed by atoms with E-state index in [1.54, 1.807) is 0 Å². The van der Waals surface area contributed by atoms with Gasteiger partial charge in [0.25, 0.3) is 0 Å². The second-order valence-electron chi connectivity index (χ2n) is 11.3. The molecule has 0 radical (unpaired) electrons. The van der Waals surface area contributed by atoms with Crippen molar-refractivity contribution in [3.63, 3.8) is 0 Å². The second-order valence-corrected chi connectivity index (χ2v) is 11.3. The molecule has 8 nitrogen and oxygen atoms in total. The molecule has 0 unspecified atom stereocenters. The van der Waals surface area contributed by atoms with Gasteiger partial charge in [-0.2, -0.15) is 0 Å². The highest BCUT2D eigenvalue weighted by Gasteiger charge is 2.42. The van der Waals surface area contributed by atoms with Gasteiger partial charge in [0.2, 0.25) is 5.91 Å². The summed E-state index contributed by atoms with van der Waals surface area (Å²) in [7, 11) is 0. The van der Waals surface area contributed by atoms with Gasteiger partial charge in [-0.1, -0.05) is 43.3 Å². The van der Waals surface area contributed by atoms with Crippen molar-refractivity contribution in [1.29, 1.82) is 0 Å². The van der Waals surface area contributed by atoms with Crippen LogP contribution in [0.25, 0.3) is 0 Å². The number of amides is 1. The first-order valence-electron chi connectivity index (χ1n) is 13.4. The van der Waals surface area contributed by atoms with Crippen LogP contribution in [0.15, 0.2) is 48.5 Å². The smallest absolute Gasteiger partial charge is 0.323 e. The number of nitrogens with one attached hydrogen (secondary N) is 1. The third kappa shape index (κ3) is 6.99. The monoisotopic (exact) mass is 524 g/mol. The molecule has 38 heavy (non-hydrogen) atoms. The Balaban J connectivity index is 1.60. The zero-order chi connectivity index (χ0) is 27.4. The average Bonchev–Trinajstić information content (AvgIpc) is 3.32. The molecule has 2 aliphatic rings. The van der Waals surface area contributed by atoms with E-state index < -0.39 is 11.9 Å². The Morgan fingerprint density at radius 1 is 1.11 bits per heavy atom.